The lowest BCUT2D eigenvalue weighted by Crippen LogP contribution is -2.57. The van der Waals surface area contributed by atoms with Gasteiger partial charge >= 0.3 is 0 Å². The lowest BCUT2D eigenvalue weighted by Gasteiger charge is -2.39. The molecule has 6 nitrogen and oxygen atoms in total. The van der Waals surface area contributed by atoms with Gasteiger partial charge in [0.1, 0.15) is 0 Å². The van der Waals surface area contributed by atoms with Gasteiger partial charge < -0.3 is 15.1 Å². The molecule has 0 aromatic heterocycles. The molecule has 2 rings (SSSR count). The van der Waals surface area contributed by atoms with Crippen LogP contribution in [0.25, 0.3) is 0 Å². The van der Waals surface area contributed by atoms with Gasteiger partial charge in [-0.3, -0.25) is 4.99 Å². The number of nitrogens with zero attached hydrogens (tertiary/aromatic N) is 3. The highest BCUT2D eigenvalue weighted by molar-refractivity contribution is 7.92. The van der Waals surface area contributed by atoms with E-state index in [1.807, 2.05) is 13.8 Å². The summed E-state index contributed by atoms with van der Waals surface area (Å²) in [7, 11) is -0.820. The van der Waals surface area contributed by atoms with Gasteiger partial charge in [-0.25, -0.2) is 8.42 Å². The molecule has 1 aliphatic carbocycles. The van der Waals surface area contributed by atoms with Gasteiger partial charge in [-0.1, -0.05) is 19.3 Å². The number of rotatable bonds is 5. The lowest BCUT2D eigenvalue weighted by atomic mass is 9.94. The Hall–Kier alpha value is -0.820. The second-order valence-electron chi connectivity index (χ2n) is 8.01. The Balaban J connectivity index is 1.94. The van der Waals surface area contributed by atoms with Crippen LogP contribution >= 0.6 is 0 Å². The summed E-state index contributed by atoms with van der Waals surface area (Å²) in [6.07, 6.45) is 6.67. The zero-order chi connectivity index (χ0) is 18.5. The number of hydrogen-bond acceptors (Lipinski definition) is 4. The molecule has 7 heteroatoms. The van der Waals surface area contributed by atoms with Crippen LogP contribution in [0.1, 0.15) is 52.9 Å². The topological polar surface area (TPSA) is 65.0 Å². The largest absolute Gasteiger partial charge is 0.357 e. The van der Waals surface area contributed by atoms with Crippen molar-refractivity contribution in [2.24, 2.45) is 4.99 Å². The van der Waals surface area contributed by atoms with Crippen molar-refractivity contribution in [1.29, 1.82) is 0 Å². The van der Waals surface area contributed by atoms with Crippen LogP contribution in [0.4, 0.5) is 0 Å². The van der Waals surface area contributed by atoms with Gasteiger partial charge in [0.15, 0.2) is 15.8 Å². The Kier molecular flexibility index (Phi) is 7.14. The van der Waals surface area contributed by atoms with Gasteiger partial charge in [0.25, 0.3) is 0 Å². The number of aliphatic imine (C=N–C) groups is 1. The number of nitrogens with one attached hydrogen (secondary N) is 1. The van der Waals surface area contributed by atoms with E-state index >= 15 is 0 Å². The highest BCUT2D eigenvalue weighted by Gasteiger charge is 2.40. The van der Waals surface area contributed by atoms with E-state index in [1.54, 1.807) is 0 Å². The first-order valence-electron chi connectivity index (χ1n) is 9.72. The molecule has 1 saturated heterocycles. The van der Waals surface area contributed by atoms with Crippen LogP contribution in [0, 0.1) is 0 Å². The zero-order valence-electron chi connectivity index (χ0n) is 16.4. The van der Waals surface area contributed by atoms with Crippen molar-refractivity contribution in [2.45, 2.75) is 63.7 Å². The highest BCUT2D eigenvalue weighted by atomic mass is 32.2. The van der Waals surface area contributed by atoms with E-state index in [0.29, 0.717) is 19.1 Å². The minimum absolute atomic E-state index is 0.201. The van der Waals surface area contributed by atoms with Gasteiger partial charge in [-0.05, 0) is 40.7 Å². The van der Waals surface area contributed by atoms with E-state index in [1.165, 1.54) is 32.1 Å². The van der Waals surface area contributed by atoms with Crippen LogP contribution in [-0.2, 0) is 9.84 Å². The van der Waals surface area contributed by atoms with Crippen LogP contribution in [0.2, 0.25) is 0 Å². The maximum absolute atomic E-state index is 12.2. The molecule has 0 spiro atoms. The second kappa shape index (κ2) is 8.71. The molecule has 1 aliphatic heterocycles. The summed E-state index contributed by atoms with van der Waals surface area (Å²) < 4.78 is 23.7. The van der Waals surface area contributed by atoms with Gasteiger partial charge in [0, 0.05) is 32.2 Å². The normalized spacial score (nSPS) is 24.5. The van der Waals surface area contributed by atoms with E-state index in [9.17, 15) is 8.42 Å². The number of guanidine groups is 1. The standard InChI is InChI=1S/C18H36N4O2S/c1-5-19-17(22-13-14-25(23,24)18(2,3)15-22)20-11-12-21(4)16-9-7-6-8-10-16/h16H,5-15H2,1-4H3,(H,19,20). The van der Waals surface area contributed by atoms with Gasteiger partial charge in [-0.15, -0.1) is 0 Å². The summed E-state index contributed by atoms with van der Waals surface area (Å²) in [5.41, 5.74) is 0. The molecule has 0 bridgehead atoms. The van der Waals surface area contributed by atoms with Gasteiger partial charge in [-0.2, -0.15) is 0 Å². The van der Waals surface area contributed by atoms with Crippen LogP contribution in [0.15, 0.2) is 4.99 Å². The van der Waals surface area contributed by atoms with E-state index in [2.05, 4.69) is 29.1 Å². The Bertz CT molecular complexity index is 553. The lowest BCUT2D eigenvalue weighted by molar-refractivity contribution is 0.196. The molecule has 1 saturated carbocycles. The third-order valence-corrected chi connectivity index (χ3v) is 8.12. The molecule has 2 aliphatic rings. The highest BCUT2D eigenvalue weighted by Crippen LogP contribution is 2.24. The van der Waals surface area contributed by atoms with E-state index in [4.69, 9.17) is 4.99 Å². The summed E-state index contributed by atoms with van der Waals surface area (Å²) in [6, 6.07) is 0.700. The zero-order valence-corrected chi connectivity index (χ0v) is 17.2. The number of sulfone groups is 1. The first kappa shape index (κ1) is 20.5. The smallest absolute Gasteiger partial charge is 0.194 e. The maximum atomic E-state index is 12.2. The van der Waals surface area contributed by atoms with Gasteiger partial charge in [0.05, 0.1) is 17.0 Å². The van der Waals surface area contributed by atoms with Crippen molar-refractivity contribution in [3.63, 3.8) is 0 Å². The van der Waals surface area contributed by atoms with Crippen molar-refractivity contribution in [1.82, 2.24) is 15.1 Å². The Morgan fingerprint density at radius 1 is 1.28 bits per heavy atom. The predicted octanol–water partition coefficient (Wildman–Crippen LogP) is 1.73. The van der Waals surface area contributed by atoms with Crippen molar-refractivity contribution in [3.8, 4) is 0 Å². The molecule has 1 N–H and O–H groups in total. The Labute approximate surface area is 154 Å². The summed E-state index contributed by atoms with van der Waals surface area (Å²) in [5.74, 6) is 1.05. The molecule has 0 amide bonds. The Morgan fingerprint density at radius 2 is 1.96 bits per heavy atom. The molecule has 0 radical (unpaired) electrons. The van der Waals surface area contributed by atoms with E-state index in [0.717, 1.165) is 25.6 Å². The summed E-state index contributed by atoms with van der Waals surface area (Å²) in [5, 5.41) is 3.33. The molecular weight excluding hydrogens is 336 g/mol. The molecule has 0 unspecified atom stereocenters. The van der Waals surface area contributed by atoms with Crippen molar-refractivity contribution in [2.75, 3.05) is 45.5 Å². The first-order chi connectivity index (χ1) is 11.8. The van der Waals surface area contributed by atoms with Crippen LogP contribution in [-0.4, -0.2) is 80.5 Å². The first-order valence-corrected chi connectivity index (χ1v) is 11.4. The van der Waals surface area contributed by atoms with Crippen LogP contribution < -0.4 is 5.32 Å². The predicted molar refractivity (Wildman–Crippen MR) is 105 cm³/mol. The van der Waals surface area contributed by atoms with Crippen molar-refractivity contribution >= 4 is 15.8 Å². The summed E-state index contributed by atoms with van der Waals surface area (Å²) in [4.78, 5) is 9.32. The SMILES string of the molecule is CCNC(=NCCN(C)C1CCCCC1)N1CCS(=O)(=O)C(C)(C)C1. The fourth-order valence-corrected chi connectivity index (χ4v) is 5.13. The molecule has 25 heavy (non-hydrogen) atoms. The molecule has 1 heterocycles. The Morgan fingerprint density at radius 3 is 2.56 bits per heavy atom. The summed E-state index contributed by atoms with van der Waals surface area (Å²) in [6.45, 7) is 9.20. The average molecular weight is 373 g/mol. The molecule has 2 fully saturated rings. The van der Waals surface area contributed by atoms with E-state index < -0.39 is 14.6 Å². The molecule has 0 aromatic rings. The second-order valence-corrected chi connectivity index (χ2v) is 10.8. The molecule has 0 aromatic carbocycles. The third-order valence-electron chi connectivity index (χ3n) is 5.59. The van der Waals surface area contributed by atoms with Gasteiger partial charge in [0.2, 0.25) is 0 Å². The monoisotopic (exact) mass is 372 g/mol. The van der Waals surface area contributed by atoms with Crippen LogP contribution in [0.3, 0.4) is 0 Å². The fraction of sp³-hybridized carbons (Fsp3) is 0.944. The minimum Gasteiger partial charge on any atom is -0.357 e. The average Bonchev–Trinajstić information content (AvgIpc) is 2.57. The fourth-order valence-electron chi connectivity index (χ4n) is 3.77. The van der Waals surface area contributed by atoms with Crippen molar-refractivity contribution < 1.29 is 8.42 Å². The molecule has 146 valence electrons. The molecular formula is C18H36N4O2S. The summed E-state index contributed by atoms with van der Waals surface area (Å²) >= 11 is 0. The van der Waals surface area contributed by atoms with Crippen LogP contribution in [0.5, 0.6) is 0 Å². The third kappa shape index (κ3) is 5.33. The number of likely N-dealkylation sites (N-methyl/N-ethyl adjacent to an activating group) is 1. The van der Waals surface area contributed by atoms with E-state index in [-0.39, 0.29) is 5.75 Å². The quantitative estimate of drug-likeness (QED) is 0.588. The minimum atomic E-state index is -3.02. The number of hydrogen-bond donors (Lipinski definition) is 1. The maximum Gasteiger partial charge on any atom is 0.194 e. The molecule has 0 atom stereocenters. The van der Waals surface area contributed by atoms with Crippen molar-refractivity contribution in [3.05, 3.63) is 0 Å².